The molecule has 6 heteroatoms. The molecule has 1 aliphatic heterocycles. The van der Waals surface area contributed by atoms with Gasteiger partial charge in [-0.3, -0.25) is 9.69 Å². The lowest BCUT2D eigenvalue weighted by Gasteiger charge is -2.34. The fraction of sp³-hybridized carbons (Fsp3) is 0.316. The van der Waals surface area contributed by atoms with Gasteiger partial charge in [0.15, 0.2) is 0 Å². The van der Waals surface area contributed by atoms with Crippen molar-refractivity contribution in [3.63, 3.8) is 0 Å². The summed E-state index contributed by atoms with van der Waals surface area (Å²) in [6, 6.07) is 14.5. The summed E-state index contributed by atoms with van der Waals surface area (Å²) >= 11 is 0. The van der Waals surface area contributed by atoms with Crippen molar-refractivity contribution >= 4 is 5.91 Å². The summed E-state index contributed by atoms with van der Waals surface area (Å²) < 4.78 is 38.4. The highest BCUT2D eigenvalue weighted by Crippen LogP contribution is 2.29. The third-order valence-corrected chi connectivity index (χ3v) is 4.34. The number of benzene rings is 2. The van der Waals surface area contributed by atoms with Gasteiger partial charge in [-0.05, 0) is 23.8 Å². The topological polar surface area (TPSA) is 23.6 Å². The lowest BCUT2D eigenvalue weighted by molar-refractivity contribution is -0.137. The summed E-state index contributed by atoms with van der Waals surface area (Å²) in [5, 5.41) is 0. The molecule has 3 nitrogen and oxygen atoms in total. The van der Waals surface area contributed by atoms with Crippen molar-refractivity contribution < 1.29 is 18.0 Å². The van der Waals surface area contributed by atoms with Gasteiger partial charge < -0.3 is 4.90 Å². The molecule has 0 spiro atoms. The molecular weight excluding hydrogens is 329 g/mol. The summed E-state index contributed by atoms with van der Waals surface area (Å²) in [5.74, 6) is -0.000631. The number of piperazine rings is 1. The van der Waals surface area contributed by atoms with Gasteiger partial charge in [0.05, 0.1) is 5.56 Å². The first-order chi connectivity index (χ1) is 11.9. The van der Waals surface area contributed by atoms with E-state index in [-0.39, 0.29) is 5.91 Å². The Labute approximate surface area is 144 Å². The third kappa shape index (κ3) is 4.39. The average molecular weight is 348 g/mol. The van der Waals surface area contributed by atoms with Gasteiger partial charge in [0.1, 0.15) is 0 Å². The molecule has 1 saturated heterocycles. The fourth-order valence-corrected chi connectivity index (χ4v) is 2.98. The lowest BCUT2D eigenvalue weighted by Crippen LogP contribution is -2.48. The van der Waals surface area contributed by atoms with Gasteiger partial charge in [-0.1, -0.05) is 36.4 Å². The van der Waals surface area contributed by atoms with E-state index < -0.39 is 11.7 Å². The number of rotatable bonds is 3. The molecule has 0 N–H and O–H groups in total. The molecule has 1 heterocycles. The summed E-state index contributed by atoms with van der Waals surface area (Å²) in [7, 11) is 0. The first-order valence-electron chi connectivity index (χ1n) is 8.16. The number of alkyl halides is 3. The maximum absolute atomic E-state index is 12.8. The molecule has 0 aliphatic carbocycles. The summed E-state index contributed by atoms with van der Waals surface area (Å²) in [6.45, 7) is 2.90. The maximum atomic E-state index is 12.8. The standard InChI is InChI=1S/C19H19F3N2O/c20-19(21,22)17-8-4-5-15(13-17)14-23-9-11-24(12-10-23)18(25)16-6-2-1-3-7-16/h1-8,13H,9-12,14H2. The van der Waals surface area contributed by atoms with E-state index >= 15 is 0 Å². The molecule has 0 atom stereocenters. The van der Waals surface area contributed by atoms with Crippen molar-refractivity contribution in [1.29, 1.82) is 0 Å². The highest BCUT2D eigenvalue weighted by Gasteiger charge is 2.30. The molecule has 2 aromatic rings. The van der Waals surface area contributed by atoms with Gasteiger partial charge in [-0.25, -0.2) is 0 Å². The van der Waals surface area contributed by atoms with Crippen LogP contribution in [0.4, 0.5) is 13.2 Å². The molecular formula is C19H19F3N2O. The minimum atomic E-state index is -4.32. The number of nitrogens with zero attached hydrogens (tertiary/aromatic N) is 2. The van der Waals surface area contributed by atoms with Crippen LogP contribution in [-0.4, -0.2) is 41.9 Å². The van der Waals surface area contributed by atoms with Crippen LogP contribution < -0.4 is 0 Å². The Hall–Kier alpha value is -2.34. The molecule has 0 unspecified atom stereocenters. The Morgan fingerprint density at radius 3 is 2.24 bits per heavy atom. The van der Waals surface area contributed by atoms with Gasteiger partial charge in [0.25, 0.3) is 5.91 Å². The summed E-state index contributed by atoms with van der Waals surface area (Å²) in [6.07, 6.45) is -4.32. The van der Waals surface area contributed by atoms with E-state index in [4.69, 9.17) is 0 Å². The lowest BCUT2D eigenvalue weighted by atomic mass is 10.1. The van der Waals surface area contributed by atoms with Gasteiger partial charge in [0.2, 0.25) is 0 Å². The minimum absolute atomic E-state index is 0.000631. The Morgan fingerprint density at radius 1 is 0.920 bits per heavy atom. The molecule has 25 heavy (non-hydrogen) atoms. The largest absolute Gasteiger partial charge is 0.416 e. The van der Waals surface area contributed by atoms with Crippen molar-refractivity contribution in [2.75, 3.05) is 26.2 Å². The Balaban J connectivity index is 1.57. The molecule has 0 radical (unpaired) electrons. The second kappa shape index (κ2) is 7.27. The molecule has 2 aromatic carbocycles. The van der Waals surface area contributed by atoms with E-state index in [1.54, 1.807) is 23.1 Å². The van der Waals surface area contributed by atoms with Gasteiger partial charge in [-0.2, -0.15) is 13.2 Å². The second-order valence-corrected chi connectivity index (χ2v) is 6.13. The Bertz CT molecular complexity index is 723. The third-order valence-electron chi connectivity index (χ3n) is 4.34. The van der Waals surface area contributed by atoms with Crippen LogP contribution in [-0.2, 0) is 12.7 Å². The Morgan fingerprint density at radius 2 is 1.60 bits per heavy atom. The van der Waals surface area contributed by atoms with Crippen molar-refractivity contribution in [2.45, 2.75) is 12.7 Å². The normalized spacial score (nSPS) is 16.0. The number of carbonyl (C=O) groups is 1. The number of halogens is 3. The molecule has 0 aromatic heterocycles. The molecule has 1 aliphatic rings. The fourth-order valence-electron chi connectivity index (χ4n) is 2.98. The molecule has 132 valence electrons. The van der Waals surface area contributed by atoms with Crippen LogP contribution in [0.25, 0.3) is 0 Å². The van der Waals surface area contributed by atoms with E-state index in [0.29, 0.717) is 43.9 Å². The Kier molecular flexibility index (Phi) is 5.08. The van der Waals surface area contributed by atoms with Crippen LogP contribution in [0, 0.1) is 0 Å². The molecule has 3 rings (SSSR count). The number of hydrogen-bond donors (Lipinski definition) is 0. The van der Waals surface area contributed by atoms with Crippen LogP contribution in [0.15, 0.2) is 54.6 Å². The van der Waals surface area contributed by atoms with Gasteiger partial charge >= 0.3 is 6.18 Å². The number of amides is 1. The van der Waals surface area contributed by atoms with Crippen molar-refractivity contribution in [3.05, 3.63) is 71.3 Å². The highest BCUT2D eigenvalue weighted by atomic mass is 19.4. The van der Waals surface area contributed by atoms with Crippen molar-refractivity contribution in [1.82, 2.24) is 9.80 Å². The first-order valence-corrected chi connectivity index (χ1v) is 8.16. The SMILES string of the molecule is O=C(c1ccccc1)N1CCN(Cc2cccc(C(F)(F)F)c2)CC1. The number of hydrogen-bond acceptors (Lipinski definition) is 2. The van der Waals surface area contributed by atoms with Crippen LogP contribution in [0.5, 0.6) is 0 Å². The zero-order valence-corrected chi connectivity index (χ0v) is 13.7. The van der Waals surface area contributed by atoms with E-state index in [9.17, 15) is 18.0 Å². The van der Waals surface area contributed by atoms with Crippen LogP contribution >= 0.6 is 0 Å². The zero-order valence-electron chi connectivity index (χ0n) is 13.7. The van der Waals surface area contributed by atoms with Gasteiger partial charge in [0, 0.05) is 38.3 Å². The molecule has 0 saturated carbocycles. The predicted molar refractivity (Wildman–Crippen MR) is 89.1 cm³/mol. The van der Waals surface area contributed by atoms with Crippen LogP contribution in [0.1, 0.15) is 21.5 Å². The monoisotopic (exact) mass is 348 g/mol. The predicted octanol–water partition coefficient (Wildman–Crippen LogP) is 3.66. The van der Waals surface area contributed by atoms with E-state index in [0.717, 1.165) is 6.07 Å². The average Bonchev–Trinajstić information content (AvgIpc) is 2.62. The molecule has 1 fully saturated rings. The quantitative estimate of drug-likeness (QED) is 0.845. The maximum Gasteiger partial charge on any atom is 0.416 e. The molecule has 1 amide bonds. The van der Waals surface area contributed by atoms with Crippen LogP contribution in [0.2, 0.25) is 0 Å². The smallest absolute Gasteiger partial charge is 0.336 e. The zero-order chi connectivity index (χ0) is 17.9. The summed E-state index contributed by atoms with van der Waals surface area (Å²) in [4.78, 5) is 16.3. The second-order valence-electron chi connectivity index (χ2n) is 6.13. The number of carbonyl (C=O) groups excluding carboxylic acids is 1. The van der Waals surface area contributed by atoms with Crippen molar-refractivity contribution in [3.8, 4) is 0 Å². The highest BCUT2D eigenvalue weighted by molar-refractivity contribution is 5.94. The van der Waals surface area contributed by atoms with Gasteiger partial charge in [-0.15, -0.1) is 0 Å². The minimum Gasteiger partial charge on any atom is -0.336 e. The first kappa shape index (κ1) is 17.5. The van der Waals surface area contributed by atoms with Crippen molar-refractivity contribution in [2.24, 2.45) is 0 Å². The van der Waals surface area contributed by atoms with E-state index in [2.05, 4.69) is 4.90 Å². The van der Waals surface area contributed by atoms with E-state index in [1.165, 1.54) is 12.1 Å². The molecule has 0 bridgehead atoms. The van der Waals surface area contributed by atoms with E-state index in [1.807, 2.05) is 18.2 Å². The van der Waals surface area contributed by atoms with Crippen LogP contribution in [0.3, 0.4) is 0 Å². The summed E-state index contributed by atoms with van der Waals surface area (Å²) in [5.41, 5.74) is 0.675.